The van der Waals surface area contributed by atoms with E-state index < -0.39 is 32.7 Å². The van der Waals surface area contributed by atoms with Crippen molar-refractivity contribution >= 4 is 33.6 Å². The highest BCUT2D eigenvalue weighted by atomic mass is 35.5. The number of carbonyl (C=O) groups excluding carboxylic acids is 1. The summed E-state index contributed by atoms with van der Waals surface area (Å²) in [6.45, 7) is 1.92. The van der Waals surface area contributed by atoms with Crippen LogP contribution >= 0.6 is 11.6 Å². The van der Waals surface area contributed by atoms with Crippen LogP contribution in [0.15, 0.2) is 36.5 Å². The van der Waals surface area contributed by atoms with E-state index in [0.29, 0.717) is 25.1 Å². The molecule has 174 valence electrons. The topological polar surface area (TPSA) is 106 Å². The molecule has 2 N–H and O–H groups in total. The van der Waals surface area contributed by atoms with E-state index in [1.807, 2.05) is 11.6 Å². The number of unbranched alkanes of at least 4 members (excludes halogenated alkanes) is 2. The molecule has 1 aromatic heterocycles. The number of nitrogens with zero attached hydrogens (tertiary/aromatic N) is 1. The van der Waals surface area contributed by atoms with Gasteiger partial charge in [0.1, 0.15) is 16.5 Å². The van der Waals surface area contributed by atoms with Crippen LogP contribution in [0.3, 0.4) is 0 Å². The number of nitrogens with one attached hydrogen (secondary N) is 1. The lowest BCUT2D eigenvalue weighted by Gasteiger charge is -2.12. The first-order valence-electron chi connectivity index (χ1n) is 9.37. The van der Waals surface area contributed by atoms with Crippen LogP contribution in [0.1, 0.15) is 37.3 Å². The molecule has 0 aliphatic heterocycles. The maximum Gasteiger partial charge on any atom is 0.417 e. The Hall–Kier alpha value is -2.79. The van der Waals surface area contributed by atoms with Gasteiger partial charge >= 0.3 is 6.18 Å². The number of carbonyl (C=O) groups is 1. The number of sulfonamides is 1. The molecule has 0 atom stereocenters. The van der Waals surface area contributed by atoms with Crippen molar-refractivity contribution in [2.75, 3.05) is 5.75 Å². The maximum absolute atomic E-state index is 12.8. The molecule has 1 heterocycles. The summed E-state index contributed by atoms with van der Waals surface area (Å²) in [5, 5.41) is 9.28. The molecule has 0 bridgehead atoms. The quantitative estimate of drug-likeness (QED) is 0.381. The maximum atomic E-state index is 12.8. The lowest BCUT2D eigenvalue weighted by atomic mass is 10.1. The summed E-state index contributed by atoms with van der Waals surface area (Å²) >= 11 is 5.83. The van der Waals surface area contributed by atoms with E-state index in [0.717, 1.165) is 18.6 Å². The molecule has 2 aromatic rings. The summed E-state index contributed by atoms with van der Waals surface area (Å²) in [6, 6.07) is 4.39. The van der Waals surface area contributed by atoms with Crippen molar-refractivity contribution in [2.45, 2.75) is 32.4 Å². The first-order chi connectivity index (χ1) is 14.9. The fourth-order valence-corrected chi connectivity index (χ4v) is 3.72. The molecule has 0 radical (unpaired) electrons. The van der Waals surface area contributed by atoms with Gasteiger partial charge in [0, 0.05) is 23.9 Å². The van der Waals surface area contributed by atoms with Crippen molar-refractivity contribution in [3.63, 3.8) is 0 Å². The van der Waals surface area contributed by atoms with Crippen molar-refractivity contribution < 1.29 is 36.2 Å². The lowest BCUT2D eigenvalue weighted by Crippen LogP contribution is -2.31. The third-order valence-corrected chi connectivity index (χ3v) is 5.63. The van der Waals surface area contributed by atoms with Crippen molar-refractivity contribution in [3.05, 3.63) is 52.7 Å². The van der Waals surface area contributed by atoms with Gasteiger partial charge in [0.2, 0.25) is 15.9 Å². The van der Waals surface area contributed by atoms with Crippen LogP contribution in [-0.4, -0.2) is 30.2 Å². The highest BCUT2D eigenvalue weighted by Crippen LogP contribution is 2.36. The number of halogens is 4. The van der Waals surface area contributed by atoms with E-state index in [1.165, 1.54) is 18.2 Å². The molecule has 0 fully saturated rings. The number of phenolic OH excluding ortho intramolecular Hbond substituents is 1. The number of hydrogen-bond acceptors (Lipinski definition) is 6. The van der Waals surface area contributed by atoms with Gasteiger partial charge in [-0.2, -0.15) is 13.2 Å². The summed E-state index contributed by atoms with van der Waals surface area (Å²) in [5.41, 5.74) is -0.859. The van der Waals surface area contributed by atoms with Gasteiger partial charge in [0.25, 0.3) is 5.91 Å². The van der Waals surface area contributed by atoms with Gasteiger partial charge < -0.3 is 9.84 Å². The molecule has 0 unspecified atom stereocenters. The monoisotopic (exact) mass is 492 g/mol. The summed E-state index contributed by atoms with van der Waals surface area (Å²) < 4.78 is 69.4. The average Bonchev–Trinajstić information content (AvgIpc) is 2.68. The first-order valence-corrected chi connectivity index (χ1v) is 11.4. The Morgan fingerprint density at radius 3 is 2.62 bits per heavy atom. The van der Waals surface area contributed by atoms with Crippen molar-refractivity contribution in [3.8, 4) is 17.4 Å². The van der Waals surface area contributed by atoms with Crippen molar-refractivity contribution in [2.24, 2.45) is 0 Å². The molecule has 0 aliphatic rings. The molecule has 32 heavy (non-hydrogen) atoms. The number of aromatic nitrogens is 1. The number of benzene rings is 1. The zero-order valence-corrected chi connectivity index (χ0v) is 18.4. The Balaban J connectivity index is 2.19. The highest BCUT2D eigenvalue weighted by Gasteiger charge is 2.32. The first kappa shape index (κ1) is 25.5. The Morgan fingerprint density at radius 1 is 1.28 bits per heavy atom. The zero-order valence-electron chi connectivity index (χ0n) is 16.8. The summed E-state index contributed by atoms with van der Waals surface area (Å²) in [5.74, 6) is -1.75. The molecule has 2 rings (SSSR count). The fraction of sp³-hybridized carbons (Fsp3) is 0.300. The number of pyridine rings is 1. The Labute approximate surface area is 187 Å². The fourth-order valence-electron chi connectivity index (χ4n) is 2.45. The van der Waals surface area contributed by atoms with Crippen molar-refractivity contribution in [1.82, 2.24) is 9.71 Å². The smallest absolute Gasteiger partial charge is 0.417 e. The zero-order chi connectivity index (χ0) is 23.9. The van der Waals surface area contributed by atoms with Gasteiger partial charge in [-0.05, 0) is 30.7 Å². The minimum absolute atomic E-state index is 0.0750. The molecule has 0 aliphatic carbocycles. The molecule has 0 saturated heterocycles. The second-order valence-electron chi connectivity index (χ2n) is 6.66. The third kappa shape index (κ3) is 7.72. The Bertz CT molecular complexity index is 1100. The van der Waals surface area contributed by atoms with E-state index in [-0.39, 0.29) is 28.7 Å². The van der Waals surface area contributed by atoms with E-state index in [2.05, 4.69) is 4.98 Å². The number of aromatic hydroxyl groups is 1. The van der Waals surface area contributed by atoms with Gasteiger partial charge in [-0.3, -0.25) is 4.79 Å². The van der Waals surface area contributed by atoms with Gasteiger partial charge in [0.05, 0.1) is 11.3 Å². The van der Waals surface area contributed by atoms with Crippen LogP contribution in [0.4, 0.5) is 13.2 Å². The standard InChI is InChI=1S/C20H20ClF3N2O5S/c1-2-3-4-9-32(29,30)26-18(28)8-6-13-5-7-15(27)11-17(13)31-19-16(21)10-14(12-25-19)20(22,23)24/h5-8,10-12,27H,2-4,9H2,1H3,(H,26,28)/b8-6+. The lowest BCUT2D eigenvalue weighted by molar-refractivity contribution is -0.137. The Kier molecular flexibility index (Phi) is 8.51. The van der Waals surface area contributed by atoms with E-state index in [4.69, 9.17) is 16.3 Å². The summed E-state index contributed by atoms with van der Waals surface area (Å²) in [6.07, 6.45) is 0.000902. The van der Waals surface area contributed by atoms with Gasteiger partial charge in [-0.25, -0.2) is 18.1 Å². The predicted octanol–water partition coefficient (Wildman–Crippen LogP) is 4.90. The third-order valence-electron chi connectivity index (χ3n) is 4.03. The Morgan fingerprint density at radius 2 is 2.00 bits per heavy atom. The molecule has 1 aromatic carbocycles. The van der Waals surface area contributed by atoms with Gasteiger partial charge in [-0.1, -0.05) is 31.4 Å². The number of amides is 1. The largest absolute Gasteiger partial charge is 0.508 e. The molecule has 7 nitrogen and oxygen atoms in total. The van der Waals surface area contributed by atoms with E-state index in [9.17, 15) is 31.5 Å². The minimum atomic E-state index is -4.64. The van der Waals surface area contributed by atoms with Crippen LogP contribution in [0, 0.1) is 0 Å². The number of ether oxygens (including phenoxy) is 1. The van der Waals surface area contributed by atoms with Crippen LogP contribution in [-0.2, 0) is 21.0 Å². The minimum Gasteiger partial charge on any atom is -0.508 e. The predicted molar refractivity (Wildman–Crippen MR) is 113 cm³/mol. The van der Waals surface area contributed by atoms with Crippen LogP contribution in [0.25, 0.3) is 6.08 Å². The molecule has 0 saturated carbocycles. The highest BCUT2D eigenvalue weighted by molar-refractivity contribution is 7.90. The summed E-state index contributed by atoms with van der Waals surface area (Å²) in [4.78, 5) is 15.5. The molecular weight excluding hydrogens is 473 g/mol. The average molecular weight is 493 g/mol. The number of alkyl halides is 3. The van der Waals surface area contributed by atoms with Crippen LogP contribution in [0.2, 0.25) is 5.02 Å². The van der Waals surface area contributed by atoms with Crippen LogP contribution in [0.5, 0.6) is 17.4 Å². The van der Waals surface area contributed by atoms with Crippen LogP contribution < -0.4 is 9.46 Å². The second-order valence-corrected chi connectivity index (χ2v) is 8.91. The van der Waals surface area contributed by atoms with E-state index in [1.54, 1.807) is 0 Å². The van der Waals surface area contributed by atoms with Gasteiger partial charge in [0.15, 0.2) is 0 Å². The number of rotatable bonds is 9. The second kappa shape index (κ2) is 10.7. The molecular formula is C20H20ClF3N2O5S. The van der Waals surface area contributed by atoms with Gasteiger partial charge in [-0.15, -0.1) is 0 Å². The number of hydrogen-bond donors (Lipinski definition) is 2. The SMILES string of the molecule is CCCCCS(=O)(=O)NC(=O)/C=C/c1ccc(O)cc1Oc1ncc(C(F)(F)F)cc1Cl. The molecule has 0 spiro atoms. The van der Waals surface area contributed by atoms with Crippen molar-refractivity contribution in [1.29, 1.82) is 0 Å². The molecule has 1 amide bonds. The number of phenols is 1. The normalized spacial score (nSPS) is 12.2. The van der Waals surface area contributed by atoms with E-state index >= 15 is 0 Å². The summed E-state index contributed by atoms with van der Waals surface area (Å²) in [7, 11) is -3.79. The molecule has 12 heteroatoms.